The van der Waals surface area contributed by atoms with E-state index < -0.39 is 17.9 Å². The van der Waals surface area contributed by atoms with Crippen molar-refractivity contribution in [3.05, 3.63) is 47.8 Å². The molecule has 1 aromatic carbocycles. The van der Waals surface area contributed by atoms with Gasteiger partial charge in [0.25, 0.3) is 0 Å². The van der Waals surface area contributed by atoms with Gasteiger partial charge in [-0.3, -0.25) is 0 Å². The minimum atomic E-state index is -0.683. The minimum Gasteiger partial charge on any atom is -0.445 e. The first-order valence-corrected chi connectivity index (χ1v) is 7.08. The first-order valence-electron chi connectivity index (χ1n) is 7.08. The summed E-state index contributed by atoms with van der Waals surface area (Å²) >= 11 is 0. The Balaban J connectivity index is 2.91. The van der Waals surface area contributed by atoms with Crippen LogP contribution in [0.5, 0.6) is 0 Å². The highest BCUT2D eigenvalue weighted by Gasteiger charge is 2.21. The van der Waals surface area contributed by atoms with E-state index in [4.69, 9.17) is 4.74 Å². The Bertz CT molecular complexity index is 566. The van der Waals surface area contributed by atoms with E-state index in [2.05, 4.69) is 25.3 Å². The summed E-state index contributed by atoms with van der Waals surface area (Å²) < 4.78 is 19.0. The van der Waals surface area contributed by atoms with Crippen LogP contribution >= 0.6 is 0 Å². The van der Waals surface area contributed by atoms with Crippen LogP contribution in [0.25, 0.3) is 0 Å². The minimum absolute atomic E-state index is 0.0664. The Hall–Kier alpha value is -2.08. The van der Waals surface area contributed by atoms with Gasteiger partial charge in [0.1, 0.15) is 5.82 Å². The lowest BCUT2D eigenvalue weighted by molar-refractivity contribution is 0.0300. The van der Waals surface area contributed by atoms with Crippen molar-refractivity contribution < 1.29 is 13.9 Å². The van der Waals surface area contributed by atoms with Gasteiger partial charge in [0.2, 0.25) is 0 Å². The van der Waals surface area contributed by atoms with Gasteiger partial charge in [-0.15, -0.1) is 0 Å². The number of ether oxygens (including phenoxy) is 1. The van der Waals surface area contributed by atoms with E-state index in [0.717, 1.165) is 12.8 Å². The average molecular weight is 288 g/mol. The van der Waals surface area contributed by atoms with Crippen molar-refractivity contribution >= 4 is 5.97 Å². The van der Waals surface area contributed by atoms with Crippen molar-refractivity contribution in [1.29, 1.82) is 0 Å². The van der Waals surface area contributed by atoms with Crippen molar-refractivity contribution in [2.75, 3.05) is 0 Å². The normalized spacial score (nSPS) is 12.8. The Morgan fingerprint density at radius 3 is 2.67 bits per heavy atom. The molecular formula is C18H21FO2. The van der Waals surface area contributed by atoms with E-state index in [-0.39, 0.29) is 11.5 Å². The smallest absolute Gasteiger partial charge is 0.342 e. The number of carbonyl (C=O) groups excluding carboxylic acids is 1. The van der Waals surface area contributed by atoms with Gasteiger partial charge in [-0.05, 0) is 31.1 Å². The second-order valence-corrected chi connectivity index (χ2v) is 5.12. The summed E-state index contributed by atoms with van der Waals surface area (Å²) in [5, 5.41) is 0. The summed E-state index contributed by atoms with van der Waals surface area (Å²) in [6.07, 6.45) is 1.28. The molecule has 0 aliphatic rings. The van der Waals surface area contributed by atoms with Crippen LogP contribution in [0.4, 0.5) is 4.39 Å². The predicted octanol–water partition coefficient (Wildman–Crippen LogP) is 4.37. The van der Waals surface area contributed by atoms with E-state index in [1.165, 1.54) is 18.2 Å². The van der Waals surface area contributed by atoms with Gasteiger partial charge >= 0.3 is 5.97 Å². The van der Waals surface area contributed by atoms with Gasteiger partial charge in [0.05, 0.1) is 5.56 Å². The summed E-state index contributed by atoms with van der Waals surface area (Å²) in [5.41, 5.74) is 0.633. The molecule has 0 fully saturated rings. The zero-order chi connectivity index (χ0) is 15.8. The molecule has 0 radical (unpaired) electrons. The zero-order valence-corrected chi connectivity index (χ0v) is 12.8. The quantitative estimate of drug-likeness (QED) is 0.594. The van der Waals surface area contributed by atoms with Crippen molar-refractivity contribution in [1.82, 2.24) is 0 Å². The Morgan fingerprint density at radius 2 is 2.10 bits per heavy atom. The molecule has 0 spiro atoms. The molecule has 0 heterocycles. The molecule has 0 aliphatic heterocycles. The lowest BCUT2D eigenvalue weighted by atomic mass is 9.99. The van der Waals surface area contributed by atoms with Crippen molar-refractivity contribution in [2.24, 2.45) is 5.92 Å². The standard InChI is InChI=1S/C18H21FO2/c1-5-8-14(4)17(12-11-13(2)3)21-18(20)15-9-6-7-10-16(15)19/h6-7,9-10,14,17H,2,5,8H2,1,3-4H3. The van der Waals surface area contributed by atoms with E-state index in [1.807, 2.05) is 6.92 Å². The van der Waals surface area contributed by atoms with Crippen LogP contribution in [0.15, 0.2) is 36.4 Å². The fraction of sp³-hybridized carbons (Fsp3) is 0.389. The van der Waals surface area contributed by atoms with Crippen molar-refractivity contribution in [3.8, 4) is 11.8 Å². The Labute approximate surface area is 126 Å². The number of halogens is 1. The summed E-state index contributed by atoms with van der Waals surface area (Å²) in [6, 6.07) is 5.78. The highest BCUT2D eigenvalue weighted by atomic mass is 19.1. The number of benzene rings is 1. The van der Waals surface area contributed by atoms with Gasteiger partial charge in [0.15, 0.2) is 6.10 Å². The van der Waals surface area contributed by atoms with Crippen LogP contribution in [0.1, 0.15) is 44.0 Å². The van der Waals surface area contributed by atoms with E-state index in [9.17, 15) is 9.18 Å². The first kappa shape index (κ1) is 17.0. The van der Waals surface area contributed by atoms with Gasteiger partial charge in [0, 0.05) is 5.92 Å². The van der Waals surface area contributed by atoms with E-state index >= 15 is 0 Å². The topological polar surface area (TPSA) is 26.3 Å². The molecule has 0 N–H and O–H groups in total. The van der Waals surface area contributed by atoms with Crippen molar-refractivity contribution in [3.63, 3.8) is 0 Å². The molecule has 0 aliphatic carbocycles. The SMILES string of the molecule is C=C(C)C#CC(OC(=O)c1ccccc1F)C(C)CCC. The molecule has 21 heavy (non-hydrogen) atoms. The lowest BCUT2D eigenvalue weighted by Gasteiger charge is -2.19. The third kappa shape index (κ3) is 5.43. The molecule has 0 saturated carbocycles. The fourth-order valence-electron chi connectivity index (χ4n) is 1.89. The molecule has 0 aromatic heterocycles. The number of hydrogen-bond donors (Lipinski definition) is 0. The fourth-order valence-corrected chi connectivity index (χ4v) is 1.89. The van der Waals surface area contributed by atoms with Gasteiger partial charge in [-0.2, -0.15) is 0 Å². The molecule has 112 valence electrons. The first-order chi connectivity index (χ1) is 9.95. The molecule has 1 aromatic rings. The van der Waals surface area contributed by atoms with Crippen LogP contribution in [-0.4, -0.2) is 12.1 Å². The maximum Gasteiger partial charge on any atom is 0.342 e. The molecule has 2 atom stereocenters. The summed E-state index contributed by atoms with van der Waals surface area (Å²) in [6.45, 7) is 9.52. The number of esters is 1. The second kappa shape index (κ2) is 8.26. The number of hydrogen-bond acceptors (Lipinski definition) is 2. The molecule has 2 nitrogen and oxygen atoms in total. The van der Waals surface area contributed by atoms with Gasteiger partial charge < -0.3 is 4.74 Å². The summed E-state index contributed by atoms with van der Waals surface area (Å²) in [4.78, 5) is 12.1. The average Bonchev–Trinajstić information content (AvgIpc) is 2.43. The predicted molar refractivity (Wildman–Crippen MR) is 82.3 cm³/mol. The highest BCUT2D eigenvalue weighted by Crippen LogP contribution is 2.17. The van der Waals surface area contributed by atoms with E-state index in [0.29, 0.717) is 5.57 Å². The molecular weight excluding hydrogens is 267 g/mol. The van der Waals surface area contributed by atoms with Gasteiger partial charge in [-0.25, -0.2) is 9.18 Å². The maximum absolute atomic E-state index is 13.6. The number of carbonyl (C=O) groups is 1. The molecule has 0 bridgehead atoms. The maximum atomic E-state index is 13.6. The third-order valence-corrected chi connectivity index (χ3v) is 3.02. The van der Waals surface area contributed by atoms with E-state index in [1.54, 1.807) is 13.0 Å². The third-order valence-electron chi connectivity index (χ3n) is 3.02. The molecule has 2 unspecified atom stereocenters. The van der Waals surface area contributed by atoms with Crippen LogP contribution in [-0.2, 0) is 4.74 Å². The van der Waals surface area contributed by atoms with Crippen LogP contribution in [0.2, 0.25) is 0 Å². The van der Waals surface area contributed by atoms with Crippen LogP contribution < -0.4 is 0 Å². The van der Waals surface area contributed by atoms with Crippen molar-refractivity contribution in [2.45, 2.75) is 39.7 Å². The summed E-state index contributed by atoms with van der Waals surface area (Å²) in [5.74, 6) is 4.56. The van der Waals surface area contributed by atoms with Gasteiger partial charge in [-0.1, -0.05) is 50.8 Å². The number of allylic oxidation sites excluding steroid dienone is 1. The molecule has 1 rings (SSSR count). The molecule has 0 amide bonds. The molecule has 0 saturated heterocycles. The molecule has 3 heteroatoms. The monoisotopic (exact) mass is 288 g/mol. The lowest BCUT2D eigenvalue weighted by Crippen LogP contribution is -2.24. The largest absolute Gasteiger partial charge is 0.445 e. The highest BCUT2D eigenvalue weighted by molar-refractivity contribution is 5.89. The zero-order valence-electron chi connectivity index (χ0n) is 12.8. The van der Waals surface area contributed by atoms with Crippen LogP contribution in [0, 0.1) is 23.6 Å². The Morgan fingerprint density at radius 1 is 1.43 bits per heavy atom. The number of rotatable bonds is 5. The Kier molecular flexibility index (Phi) is 6.68. The summed E-state index contributed by atoms with van der Waals surface area (Å²) in [7, 11) is 0. The van der Waals surface area contributed by atoms with Crippen LogP contribution in [0.3, 0.4) is 0 Å². The second-order valence-electron chi connectivity index (χ2n) is 5.12.